The molecule has 0 heterocycles. The third-order valence-corrected chi connectivity index (χ3v) is 3.60. The average molecular weight is 219 g/mol. The Morgan fingerprint density at radius 2 is 2.27 bits per heavy atom. The van der Waals surface area contributed by atoms with Crippen LogP contribution in [0.15, 0.2) is 0 Å². The van der Waals surface area contributed by atoms with E-state index in [1.54, 1.807) is 0 Å². The molecule has 1 rings (SSSR count). The zero-order valence-electron chi connectivity index (χ0n) is 7.19. The monoisotopic (exact) mass is 218 g/mol. The molecular weight excluding hydrogens is 204 g/mol. The van der Waals surface area contributed by atoms with Gasteiger partial charge < -0.3 is 0 Å². The number of hydrogen-bond acceptors (Lipinski definition) is 1. The van der Waals surface area contributed by atoms with Crippen LogP contribution in [-0.2, 0) is 4.79 Å². The van der Waals surface area contributed by atoms with E-state index in [2.05, 4.69) is 29.8 Å². The predicted octanol–water partition coefficient (Wildman–Crippen LogP) is 2.78. The Bertz CT molecular complexity index is 163. The summed E-state index contributed by atoms with van der Waals surface area (Å²) in [5, 5.41) is 0.964. The van der Waals surface area contributed by atoms with Gasteiger partial charge in [-0.05, 0) is 17.8 Å². The molecule has 11 heavy (non-hydrogen) atoms. The lowest BCUT2D eigenvalue weighted by atomic mass is 9.69. The van der Waals surface area contributed by atoms with E-state index in [4.69, 9.17) is 0 Å². The number of rotatable bonds is 1. The number of carbonyl (C=O) groups is 1. The molecule has 1 nitrogen and oxygen atoms in total. The van der Waals surface area contributed by atoms with Crippen LogP contribution in [0, 0.1) is 11.3 Å². The van der Waals surface area contributed by atoms with Crippen molar-refractivity contribution in [1.82, 2.24) is 0 Å². The van der Waals surface area contributed by atoms with E-state index < -0.39 is 0 Å². The minimum absolute atomic E-state index is 0.359. The van der Waals surface area contributed by atoms with E-state index in [9.17, 15) is 4.79 Å². The van der Waals surface area contributed by atoms with E-state index >= 15 is 0 Å². The van der Waals surface area contributed by atoms with Crippen molar-refractivity contribution in [2.45, 2.75) is 33.1 Å². The van der Waals surface area contributed by atoms with Crippen molar-refractivity contribution in [1.29, 1.82) is 0 Å². The first-order valence-electron chi connectivity index (χ1n) is 4.14. The predicted molar refractivity (Wildman–Crippen MR) is 49.9 cm³/mol. The highest BCUT2D eigenvalue weighted by atomic mass is 79.9. The van der Waals surface area contributed by atoms with Crippen LogP contribution < -0.4 is 0 Å². The maximum Gasteiger partial charge on any atom is 0.133 e. The van der Waals surface area contributed by atoms with Crippen LogP contribution in [0.3, 0.4) is 0 Å². The van der Waals surface area contributed by atoms with Crippen LogP contribution in [-0.4, -0.2) is 11.1 Å². The Labute approximate surface area is 76.7 Å². The van der Waals surface area contributed by atoms with Gasteiger partial charge in [0.05, 0.1) is 0 Å². The fraction of sp³-hybridized carbons (Fsp3) is 0.889. The van der Waals surface area contributed by atoms with Gasteiger partial charge in [-0.15, -0.1) is 0 Å². The Morgan fingerprint density at radius 3 is 2.73 bits per heavy atom. The summed E-state index contributed by atoms with van der Waals surface area (Å²) in [7, 11) is 0. The lowest BCUT2D eigenvalue weighted by Crippen LogP contribution is -2.32. The van der Waals surface area contributed by atoms with Gasteiger partial charge in [0.25, 0.3) is 0 Å². The van der Waals surface area contributed by atoms with Crippen molar-refractivity contribution in [3.8, 4) is 0 Å². The molecule has 0 spiro atoms. The molecule has 0 aromatic heterocycles. The van der Waals surface area contributed by atoms with Crippen molar-refractivity contribution in [3.63, 3.8) is 0 Å². The van der Waals surface area contributed by atoms with Crippen LogP contribution >= 0.6 is 15.9 Å². The summed E-state index contributed by atoms with van der Waals surface area (Å²) in [5.41, 5.74) is 0.359. The van der Waals surface area contributed by atoms with E-state index in [1.165, 1.54) is 0 Å². The normalized spacial score (nSPS) is 30.5. The average Bonchev–Trinajstić information content (AvgIpc) is 1.94. The largest absolute Gasteiger partial charge is 0.300 e. The molecule has 0 amide bonds. The van der Waals surface area contributed by atoms with E-state index in [0.717, 1.165) is 24.6 Å². The molecule has 0 aliphatic heterocycles. The van der Waals surface area contributed by atoms with Gasteiger partial charge in [0, 0.05) is 18.2 Å². The summed E-state index contributed by atoms with van der Waals surface area (Å²) in [6, 6.07) is 0. The number of alkyl halides is 1. The SMILES string of the molecule is CC1(C)CCC(=O)CC1CBr. The lowest BCUT2D eigenvalue weighted by Gasteiger charge is -2.36. The number of halogens is 1. The minimum atomic E-state index is 0.359. The summed E-state index contributed by atoms with van der Waals surface area (Å²) in [6.45, 7) is 4.51. The second kappa shape index (κ2) is 3.26. The minimum Gasteiger partial charge on any atom is -0.300 e. The van der Waals surface area contributed by atoms with Gasteiger partial charge in [0.15, 0.2) is 0 Å². The maximum absolute atomic E-state index is 11.1. The second-order valence-electron chi connectivity index (χ2n) is 4.08. The fourth-order valence-corrected chi connectivity index (χ4v) is 2.69. The third kappa shape index (κ3) is 2.05. The summed E-state index contributed by atoms with van der Waals surface area (Å²) < 4.78 is 0. The molecule has 0 aromatic rings. The molecule has 1 fully saturated rings. The topological polar surface area (TPSA) is 17.1 Å². The Morgan fingerprint density at radius 1 is 1.64 bits per heavy atom. The smallest absolute Gasteiger partial charge is 0.133 e. The van der Waals surface area contributed by atoms with Crippen LogP contribution in [0.25, 0.3) is 0 Å². The summed E-state index contributed by atoms with van der Waals surface area (Å²) in [6.07, 6.45) is 2.62. The second-order valence-corrected chi connectivity index (χ2v) is 4.73. The van der Waals surface area contributed by atoms with Crippen LogP contribution in [0.4, 0.5) is 0 Å². The fourth-order valence-electron chi connectivity index (χ4n) is 1.58. The van der Waals surface area contributed by atoms with Gasteiger partial charge in [-0.1, -0.05) is 29.8 Å². The number of hydrogen-bond donors (Lipinski definition) is 0. The van der Waals surface area contributed by atoms with Crippen LogP contribution in [0.2, 0.25) is 0 Å². The molecule has 1 aliphatic rings. The third-order valence-electron chi connectivity index (χ3n) is 2.81. The maximum atomic E-state index is 11.1. The highest BCUT2D eigenvalue weighted by Gasteiger charge is 2.34. The number of carbonyl (C=O) groups excluding carboxylic acids is 1. The van der Waals surface area contributed by atoms with Gasteiger partial charge in [-0.25, -0.2) is 0 Å². The molecule has 0 bridgehead atoms. The highest BCUT2D eigenvalue weighted by molar-refractivity contribution is 9.09. The first kappa shape index (κ1) is 9.24. The molecule has 1 saturated carbocycles. The van der Waals surface area contributed by atoms with Crippen LogP contribution in [0.1, 0.15) is 33.1 Å². The van der Waals surface area contributed by atoms with Gasteiger partial charge in [0.1, 0.15) is 5.78 Å². The molecule has 1 aliphatic carbocycles. The molecule has 64 valence electrons. The van der Waals surface area contributed by atoms with E-state index in [1.807, 2.05) is 0 Å². The first-order valence-corrected chi connectivity index (χ1v) is 5.26. The Hall–Kier alpha value is 0.150. The van der Waals surface area contributed by atoms with Gasteiger partial charge in [-0.3, -0.25) is 4.79 Å². The molecular formula is C9H15BrO. The van der Waals surface area contributed by atoms with Crippen molar-refractivity contribution >= 4 is 21.7 Å². The van der Waals surface area contributed by atoms with Crippen molar-refractivity contribution in [3.05, 3.63) is 0 Å². The summed E-state index contributed by atoms with van der Waals surface area (Å²) in [4.78, 5) is 11.1. The lowest BCUT2D eigenvalue weighted by molar-refractivity contribution is -0.123. The molecule has 0 aromatic carbocycles. The van der Waals surface area contributed by atoms with Gasteiger partial charge >= 0.3 is 0 Å². The number of Topliss-reactive ketones (excluding diaryl/α,β-unsaturated/α-hetero) is 1. The van der Waals surface area contributed by atoms with Gasteiger partial charge in [-0.2, -0.15) is 0 Å². The van der Waals surface area contributed by atoms with Crippen molar-refractivity contribution < 1.29 is 4.79 Å². The summed E-state index contributed by atoms with van der Waals surface area (Å²) in [5.74, 6) is 0.984. The molecule has 0 N–H and O–H groups in total. The zero-order chi connectivity index (χ0) is 8.48. The first-order chi connectivity index (χ1) is 5.06. The molecule has 0 saturated heterocycles. The molecule has 1 unspecified atom stereocenters. The molecule has 2 heteroatoms. The van der Waals surface area contributed by atoms with Gasteiger partial charge in [0.2, 0.25) is 0 Å². The molecule has 0 radical (unpaired) electrons. The Kier molecular flexibility index (Phi) is 2.74. The van der Waals surface area contributed by atoms with Crippen molar-refractivity contribution in [2.75, 3.05) is 5.33 Å². The summed E-state index contributed by atoms with van der Waals surface area (Å²) >= 11 is 3.46. The standard InChI is InChI=1S/C9H15BrO/c1-9(2)4-3-8(11)5-7(9)6-10/h7H,3-6H2,1-2H3. The van der Waals surface area contributed by atoms with E-state index in [0.29, 0.717) is 17.1 Å². The highest BCUT2D eigenvalue weighted by Crippen LogP contribution is 2.39. The molecule has 1 atom stereocenters. The quantitative estimate of drug-likeness (QED) is 0.619. The zero-order valence-corrected chi connectivity index (χ0v) is 8.78. The number of ketones is 1. The van der Waals surface area contributed by atoms with E-state index in [-0.39, 0.29) is 0 Å². The Balaban J connectivity index is 2.63. The van der Waals surface area contributed by atoms with Crippen molar-refractivity contribution in [2.24, 2.45) is 11.3 Å². The van der Waals surface area contributed by atoms with Crippen LogP contribution in [0.5, 0.6) is 0 Å².